The topological polar surface area (TPSA) is 63.2 Å². The maximum Gasteiger partial charge on any atom is 0.322 e. The Labute approximate surface area is 118 Å². The van der Waals surface area contributed by atoms with Gasteiger partial charge in [-0.3, -0.25) is 0 Å². The van der Waals surface area contributed by atoms with Crippen molar-refractivity contribution in [3.05, 3.63) is 5.28 Å². The standard InChI is InChI=1S/C12H20ClN5O/c1-4-8-7-18(9(5-2)6-14-8)11-15-10(13)16-12(17-11)19-3/h8-9,14H,4-7H2,1-3H3. The second kappa shape index (κ2) is 6.34. The Morgan fingerprint density at radius 2 is 2.11 bits per heavy atom. The highest BCUT2D eigenvalue weighted by molar-refractivity contribution is 6.28. The van der Waals surface area contributed by atoms with Gasteiger partial charge in [0.1, 0.15) is 0 Å². The Morgan fingerprint density at radius 3 is 2.74 bits per heavy atom. The molecule has 0 radical (unpaired) electrons. The molecule has 1 N–H and O–H groups in total. The molecule has 106 valence electrons. The molecule has 19 heavy (non-hydrogen) atoms. The van der Waals surface area contributed by atoms with Crippen LogP contribution in [0.5, 0.6) is 6.01 Å². The summed E-state index contributed by atoms with van der Waals surface area (Å²) in [5, 5.41) is 3.71. The van der Waals surface area contributed by atoms with Gasteiger partial charge in [-0.25, -0.2) is 0 Å². The Morgan fingerprint density at radius 1 is 1.32 bits per heavy atom. The molecule has 1 aromatic rings. The van der Waals surface area contributed by atoms with Crippen LogP contribution < -0.4 is 15.0 Å². The number of anilines is 1. The third kappa shape index (κ3) is 3.25. The summed E-state index contributed by atoms with van der Waals surface area (Å²) in [7, 11) is 1.53. The number of hydrogen-bond donors (Lipinski definition) is 1. The smallest absolute Gasteiger partial charge is 0.322 e. The van der Waals surface area contributed by atoms with Crippen LogP contribution in [0.3, 0.4) is 0 Å². The molecule has 0 spiro atoms. The zero-order valence-corrected chi connectivity index (χ0v) is 12.3. The van der Waals surface area contributed by atoms with Crippen LogP contribution >= 0.6 is 11.6 Å². The molecule has 6 nitrogen and oxygen atoms in total. The summed E-state index contributed by atoms with van der Waals surface area (Å²) in [4.78, 5) is 14.7. The minimum Gasteiger partial charge on any atom is -0.467 e. The van der Waals surface area contributed by atoms with E-state index < -0.39 is 0 Å². The van der Waals surface area contributed by atoms with E-state index in [1.165, 1.54) is 7.11 Å². The van der Waals surface area contributed by atoms with Gasteiger partial charge in [0, 0.05) is 25.2 Å². The molecular weight excluding hydrogens is 266 g/mol. The molecule has 7 heteroatoms. The zero-order chi connectivity index (χ0) is 13.8. The maximum absolute atomic E-state index is 5.92. The lowest BCUT2D eigenvalue weighted by atomic mass is 10.1. The van der Waals surface area contributed by atoms with Crippen LogP contribution in [0, 0.1) is 0 Å². The van der Waals surface area contributed by atoms with Crippen LogP contribution in [0.2, 0.25) is 5.28 Å². The first-order valence-corrected chi connectivity index (χ1v) is 7.01. The van der Waals surface area contributed by atoms with E-state index in [2.05, 4.69) is 39.0 Å². The summed E-state index contributed by atoms with van der Waals surface area (Å²) in [6, 6.07) is 1.08. The number of nitrogens with zero attached hydrogens (tertiary/aromatic N) is 4. The lowest BCUT2D eigenvalue weighted by molar-refractivity contribution is 0.361. The third-order valence-electron chi connectivity index (χ3n) is 3.48. The van der Waals surface area contributed by atoms with Crippen molar-refractivity contribution in [2.45, 2.75) is 38.8 Å². The first-order chi connectivity index (χ1) is 9.17. The van der Waals surface area contributed by atoms with E-state index in [1.807, 2.05) is 0 Å². The summed E-state index contributed by atoms with van der Waals surface area (Å²) >= 11 is 5.92. The fourth-order valence-corrected chi connectivity index (χ4v) is 2.44. The summed E-state index contributed by atoms with van der Waals surface area (Å²) in [6.07, 6.45) is 2.10. The van der Waals surface area contributed by atoms with Crippen LogP contribution in [0.15, 0.2) is 0 Å². The van der Waals surface area contributed by atoms with E-state index in [1.54, 1.807) is 0 Å². The molecule has 1 fully saturated rings. The van der Waals surface area contributed by atoms with E-state index in [-0.39, 0.29) is 11.3 Å². The van der Waals surface area contributed by atoms with Gasteiger partial charge >= 0.3 is 6.01 Å². The van der Waals surface area contributed by atoms with Crippen molar-refractivity contribution in [2.24, 2.45) is 0 Å². The predicted molar refractivity (Wildman–Crippen MR) is 74.9 cm³/mol. The number of piperazine rings is 1. The van der Waals surface area contributed by atoms with Gasteiger partial charge in [-0.15, -0.1) is 0 Å². The van der Waals surface area contributed by atoms with E-state index >= 15 is 0 Å². The molecule has 2 unspecified atom stereocenters. The van der Waals surface area contributed by atoms with E-state index in [4.69, 9.17) is 16.3 Å². The number of hydrogen-bond acceptors (Lipinski definition) is 6. The molecule has 0 aromatic carbocycles. The summed E-state index contributed by atoms with van der Waals surface area (Å²) in [5.74, 6) is 0.601. The molecule has 2 rings (SSSR count). The molecule has 0 saturated carbocycles. The molecule has 1 saturated heterocycles. The summed E-state index contributed by atoms with van der Waals surface area (Å²) in [5.41, 5.74) is 0. The van der Waals surface area contributed by atoms with Crippen molar-refractivity contribution in [1.29, 1.82) is 0 Å². The number of rotatable bonds is 4. The normalized spacial score (nSPS) is 23.5. The summed E-state index contributed by atoms with van der Waals surface area (Å²) in [6.45, 7) is 6.13. The van der Waals surface area contributed by atoms with Gasteiger partial charge < -0.3 is 15.0 Å². The van der Waals surface area contributed by atoms with Gasteiger partial charge in [0.15, 0.2) is 0 Å². The molecule has 2 atom stereocenters. The maximum atomic E-state index is 5.92. The van der Waals surface area contributed by atoms with Crippen molar-refractivity contribution in [2.75, 3.05) is 25.1 Å². The number of methoxy groups -OCH3 is 1. The molecule has 2 heterocycles. The Bertz CT molecular complexity index is 431. The van der Waals surface area contributed by atoms with Crippen LogP contribution in [0.1, 0.15) is 26.7 Å². The van der Waals surface area contributed by atoms with Crippen molar-refractivity contribution < 1.29 is 4.74 Å². The largest absolute Gasteiger partial charge is 0.467 e. The van der Waals surface area contributed by atoms with Crippen molar-refractivity contribution in [3.8, 4) is 6.01 Å². The highest BCUT2D eigenvalue weighted by atomic mass is 35.5. The van der Waals surface area contributed by atoms with Crippen molar-refractivity contribution in [3.63, 3.8) is 0 Å². The van der Waals surface area contributed by atoms with Crippen molar-refractivity contribution >= 4 is 17.5 Å². The quantitative estimate of drug-likeness (QED) is 0.904. The van der Waals surface area contributed by atoms with Gasteiger partial charge in [0.2, 0.25) is 11.2 Å². The van der Waals surface area contributed by atoms with E-state index in [0.717, 1.165) is 25.9 Å². The van der Waals surface area contributed by atoms with Gasteiger partial charge in [-0.2, -0.15) is 15.0 Å². The van der Waals surface area contributed by atoms with Gasteiger partial charge in [-0.05, 0) is 24.4 Å². The number of ether oxygens (including phenoxy) is 1. The van der Waals surface area contributed by atoms with E-state index in [0.29, 0.717) is 18.0 Å². The lowest BCUT2D eigenvalue weighted by Crippen LogP contribution is -2.56. The van der Waals surface area contributed by atoms with Crippen LogP contribution in [-0.4, -0.2) is 47.2 Å². The second-order valence-corrected chi connectivity index (χ2v) is 4.96. The molecule has 1 aliphatic heterocycles. The number of aromatic nitrogens is 3. The number of halogens is 1. The average Bonchev–Trinajstić information content (AvgIpc) is 2.45. The van der Waals surface area contributed by atoms with Gasteiger partial charge in [-0.1, -0.05) is 13.8 Å². The van der Waals surface area contributed by atoms with Gasteiger partial charge in [0.25, 0.3) is 0 Å². The molecular formula is C12H20ClN5O. The average molecular weight is 286 g/mol. The van der Waals surface area contributed by atoms with Crippen molar-refractivity contribution in [1.82, 2.24) is 20.3 Å². The first kappa shape index (κ1) is 14.3. The molecule has 0 bridgehead atoms. The molecule has 1 aliphatic rings. The molecule has 1 aromatic heterocycles. The molecule has 0 aliphatic carbocycles. The van der Waals surface area contributed by atoms with Crippen LogP contribution in [-0.2, 0) is 0 Å². The van der Waals surface area contributed by atoms with Crippen LogP contribution in [0.4, 0.5) is 5.95 Å². The lowest BCUT2D eigenvalue weighted by Gasteiger charge is -2.39. The predicted octanol–water partition coefficient (Wildman–Crippen LogP) is 1.50. The summed E-state index contributed by atoms with van der Waals surface area (Å²) < 4.78 is 5.06. The fourth-order valence-electron chi connectivity index (χ4n) is 2.29. The van der Waals surface area contributed by atoms with Crippen LogP contribution in [0.25, 0.3) is 0 Å². The minimum atomic E-state index is 0.170. The van der Waals surface area contributed by atoms with E-state index in [9.17, 15) is 0 Å². The Kier molecular flexibility index (Phi) is 4.76. The number of nitrogens with one attached hydrogen (secondary N) is 1. The highest BCUT2D eigenvalue weighted by Crippen LogP contribution is 2.21. The van der Waals surface area contributed by atoms with Gasteiger partial charge in [0.05, 0.1) is 7.11 Å². The minimum absolute atomic E-state index is 0.170. The zero-order valence-electron chi connectivity index (χ0n) is 11.6. The second-order valence-electron chi connectivity index (χ2n) is 4.62. The fraction of sp³-hybridized carbons (Fsp3) is 0.750. The Hall–Kier alpha value is -1.14. The molecule has 0 amide bonds. The SMILES string of the molecule is CCC1CN(c2nc(Cl)nc(OC)n2)C(CC)CN1. The third-order valence-corrected chi connectivity index (χ3v) is 3.65. The first-order valence-electron chi connectivity index (χ1n) is 6.63. The monoisotopic (exact) mass is 285 g/mol. The highest BCUT2D eigenvalue weighted by Gasteiger charge is 2.28. The Balaban J connectivity index is 2.27.